The van der Waals surface area contributed by atoms with Crippen LogP contribution in [0.15, 0.2) is 18.2 Å². The summed E-state index contributed by atoms with van der Waals surface area (Å²) in [5.74, 6) is -0.927. The molecule has 90 valence electrons. The van der Waals surface area contributed by atoms with Gasteiger partial charge in [-0.05, 0) is 18.2 Å². The van der Waals surface area contributed by atoms with Crippen LogP contribution in [0.25, 0.3) is 0 Å². The molecule has 1 aromatic carbocycles. The summed E-state index contributed by atoms with van der Waals surface area (Å²) in [6.07, 6.45) is 0. The van der Waals surface area contributed by atoms with Crippen molar-refractivity contribution in [2.75, 3.05) is 18.9 Å². The van der Waals surface area contributed by atoms with Crippen molar-refractivity contribution in [1.82, 2.24) is 10.6 Å². The van der Waals surface area contributed by atoms with E-state index < -0.39 is 11.9 Å². The SMILES string of the molecule is CNC(=O)CNC1C(=O)Nc2ccc(F)cc21. The zero-order valence-corrected chi connectivity index (χ0v) is 9.21. The molecule has 0 bridgehead atoms. The average Bonchev–Trinajstić information content (AvgIpc) is 2.61. The summed E-state index contributed by atoms with van der Waals surface area (Å²) >= 11 is 0. The van der Waals surface area contributed by atoms with Crippen LogP contribution in [-0.4, -0.2) is 25.4 Å². The van der Waals surface area contributed by atoms with E-state index >= 15 is 0 Å². The number of benzene rings is 1. The Morgan fingerprint density at radius 2 is 2.29 bits per heavy atom. The fraction of sp³-hybridized carbons (Fsp3) is 0.273. The first-order valence-electron chi connectivity index (χ1n) is 5.16. The fourth-order valence-electron chi connectivity index (χ4n) is 1.72. The normalized spacial score (nSPS) is 17.5. The van der Waals surface area contributed by atoms with Crippen LogP contribution in [0, 0.1) is 5.82 Å². The summed E-state index contributed by atoms with van der Waals surface area (Å²) < 4.78 is 13.1. The van der Waals surface area contributed by atoms with Crippen molar-refractivity contribution < 1.29 is 14.0 Å². The third-order valence-electron chi connectivity index (χ3n) is 2.59. The summed E-state index contributed by atoms with van der Waals surface area (Å²) in [6.45, 7) is 0.00450. The molecule has 0 radical (unpaired) electrons. The Morgan fingerprint density at radius 1 is 1.53 bits per heavy atom. The van der Waals surface area contributed by atoms with Gasteiger partial charge in [0.1, 0.15) is 11.9 Å². The van der Waals surface area contributed by atoms with Gasteiger partial charge in [-0.1, -0.05) is 0 Å². The predicted octanol–water partition coefficient (Wildman–Crippen LogP) is 0.154. The van der Waals surface area contributed by atoms with E-state index in [4.69, 9.17) is 0 Å². The highest BCUT2D eigenvalue weighted by molar-refractivity contribution is 6.02. The van der Waals surface area contributed by atoms with Gasteiger partial charge in [0.15, 0.2) is 0 Å². The number of hydrogen-bond acceptors (Lipinski definition) is 3. The van der Waals surface area contributed by atoms with Gasteiger partial charge in [0.2, 0.25) is 11.8 Å². The molecule has 1 heterocycles. The highest BCUT2D eigenvalue weighted by Crippen LogP contribution is 2.30. The number of hydrogen-bond donors (Lipinski definition) is 3. The number of anilines is 1. The van der Waals surface area contributed by atoms with Gasteiger partial charge in [-0.3, -0.25) is 14.9 Å². The largest absolute Gasteiger partial charge is 0.358 e. The van der Waals surface area contributed by atoms with E-state index in [9.17, 15) is 14.0 Å². The fourth-order valence-corrected chi connectivity index (χ4v) is 1.72. The molecule has 17 heavy (non-hydrogen) atoms. The molecule has 1 atom stereocenters. The molecule has 5 nitrogen and oxygen atoms in total. The van der Waals surface area contributed by atoms with Crippen LogP contribution < -0.4 is 16.0 Å². The number of likely N-dealkylation sites (N-methyl/N-ethyl adjacent to an activating group) is 1. The number of amides is 2. The molecule has 2 amide bonds. The summed E-state index contributed by atoms with van der Waals surface area (Å²) in [6, 6.07) is 3.39. The van der Waals surface area contributed by atoms with Crippen molar-refractivity contribution in [3.8, 4) is 0 Å². The maximum absolute atomic E-state index is 13.1. The summed E-state index contributed by atoms with van der Waals surface area (Å²) in [5.41, 5.74) is 1.10. The van der Waals surface area contributed by atoms with E-state index in [0.29, 0.717) is 11.3 Å². The number of fused-ring (bicyclic) bond motifs is 1. The van der Waals surface area contributed by atoms with Crippen LogP contribution in [0.4, 0.5) is 10.1 Å². The lowest BCUT2D eigenvalue weighted by Gasteiger charge is -2.10. The van der Waals surface area contributed by atoms with E-state index in [0.717, 1.165) is 0 Å². The Hall–Kier alpha value is -1.95. The molecular formula is C11H12FN3O2. The Bertz CT molecular complexity index is 476. The van der Waals surface area contributed by atoms with E-state index in [1.165, 1.54) is 25.2 Å². The summed E-state index contributed by atoms with van der Waals surface area (Å²) in [7, 11) is 1.51. The number of rotatable bonds is 3. The van der Waals surface area contributed by atoms with Crippen molar-refractivity contribution in [3.05, 3.63) is 29.6 Å². The van der Waals surface area contributed by atoms with Crippen LogP contribution in [0.5, 0.6) is 0 Å². The van der Waals surface area contributed by atoms with Gasteiger partial charge in [0, 0.05) is 18.3 Å². The highest BCUT2D eigenvalue weighted by atomic mass is 19.1. The van der Waals surface area contributed by atoms with Crippen molar-refractivity contribution in [3.63, 3.8) is 0 Å². The molecule has 0 saturated heterocycles. The number of carbonyl (C=O) groups excluding carboxylic acids is 2. The number of nitrogens with one attached hydrogen (secondary N) is 3. The number of halogens is 1. The minimum absolute atomic E-state index is 0.00450. The molecular weight excluding hydrogens is 225 g/mol. The first-order chi connectivity index (χ1) is 8.11. The molecule has 1 aromatic rings. The topological polar surface area (TPSA) is 70.2 Å². The second kappa shape index (κ2) is 4.50. The average molecular weight is 237 g/mol. The minimum Gasteiger partial charge on any atom is -0.358 e. The van der Waals surface area contributed by atoms with E-state index in [2.05, 4.69) is 16.0 Å². The lowest BCUT2D eigenvalue weighted by atomic mass is 10.1. The number of carbonyl (C=O) groups is 2. The molecule has 1 unspecified atom stereocenters. The lowest BCUT2D eigenvalue weighted by molar-refractivity contribution is -0.120. The second-order valence-electron chi connectivity index (χ2n) is 3.71. The molecule has 2 rings (SSSR count). The van der Waals surface area contributed by atoms with Crippen LogP contribution in [0.1, 0.15) is 11.6 Å². The van der Waals surface area contributed by atoms with Crippen molar-refractivity contribution in [2.24, 2.45) is 0 Å². The molecule has 6 heteroatoms. The van der Waals surface area contributed by atoms with Gasteiger partial charge in [0.05, 0.1) is 6.54 Å². The quantitative estimate of drug-likeness (QED) is 0.701. The van der Waals surface area contributed by atoms with Crippen molar-refractivity contribution in [1.29, 1.82) is 0 Å². The van der Waals surface area contributed by atoms with Crippen molar-refractivity contribution in [2.45, 2.75) is 6.04 Å². The maximum atomic E-state index is 13.1. The van der Waals surface area contributed by atoms with Crippen LogP contribution in [0.3, 0.4) is 0 Å². The van der Waals surface area contributed by atoms with E-state index in [-0.39, 0.29) is 18.4 Å². The maximum Gasteiger partial charge on any atom is 0.246 e. The Morgan fingerprint density at radius 3 is 3.00 bits per heavy atom. The van der Waals surface area contributed by atoms with Gasteiger partial charge < -0.3 is 10.6 Å². The van der Waals surface area contributed by atoms with Gasteiger partial charge in [0.25, 0.3) is 0 Å². The van der Waals surface area contributed by atoms with Crippen LogP contribution in [0.2, 0.25) is 0 Å². The van der Waals surface area contributed by atoms with Gasteiger partial charge in [-0.25, -0.2) is 4.39 Å². The van der Waals surface area contributed by atoms with E-state index in [1.54, 1.807) is 0 Å². The standard InChI is InChI=1S/C11H12FN3O2/c1-13-9(16)5-14-10-7-4-6(12)2-3-8(7)15-11(10)17/h2-4,10,14H,5H2,1H3,(H,13,16)(H,15,17). The van der Waals surface area contributed by atoms with Crippen molar-refractivity contribution >= 4 is 17.5 Å². The Kier molecular flexibility index (Phi) is 3.06. The minimum atomic E-state index is -0.682. The van der Waals surface area contributed by atoms with E-state index in [1.807, 2.05) is 0 Å². The Labute approximate surface area is 97.4 Å². The Balaban J connectivity index is 2.16. The monoisotopic (exact) mass is 237 g/mol. The van der Waals surface area contributed by atoms with Crippen LogP contribution >= 0.6 is 0 Å². The smallest absolute Gasteiger partial charge is 0.246 e. The third kappa shape index (κ3) is 2.26. The molecule has 3 N–H and O–H groups in total. The predicted molar refractivity (Wildman–Crippen MR) is 59.8 cm³/mol. The molecule has 1 aliphatic rings. The first-order valence-corrected chi connectivity index (χ1v) is 5.16. The molecule has 0 aromatic heterocycles. The zero-order valence-electron chi connectivity index (χ0n) is 9.21. The summed E-state index contributed by atoms with van der Waals surface area (Å²) in [5, 5.41) is 7.82. The second-order valence-corrected chi connectivity index (χ2v) is 3.71. The first kappa shape index (κ1) is 11.5. The third-order valence-corrected chi connectivity index (χ3v) is 2.59. The van der Waals surface area contributed by atoms with Gasteiger partial charge in [-0.2, -0.15) is 0 Å². The molecule has 0 fully saturated rings. The molecule has 0 spiro atoms. The molecule has 1 aliphatic heterocycles. The zero-order chi connectivity index (χ0) is 12.4. The van der Waals surface area contributed by atoms with Gasteiger partial charge in [-0.15, -0.1) is 0 Å². The van der Waals surface area contributed by atoms with Gasteiger partial charge >= 0.3 is 0 Å². The molecule has 0 saturated carbocycles. The van der Waals surface area contributed by atoms with Crippen LogP contribution in [-0.2, 0) is 9.59 Å². The molecule has 0 aliphatic carbocycles. The highest BCUT2D eigenvalue weighted by Gasteiger charge is 2.30. The lowest BCUT2D eigenvalue weighted by Crippen LogP contribution is -2.36. The summed E-state index contributed by atoms with van der Waals surface area (Å²) in [4.78, 5) is 22.7.